The predicted molar refractivity (Wildman–Crippen MR) is 155 cm³/mol. The van der Waals surface area contributed by atoms with E-state index in [1.165, 1.54) is 25.5 Å². The van der Waals surface area contributed by atoms with Crippen molar-refractivity contribution in [1.82, 2.24) is 19.7 Å². The molecule has 11 nitrogen and oxygen atoms in total. The molecule has 4 unspecified atom stereocenters. The zero-order valence-electron chi connectivity index (χ0n) is 23.8. The Labute approximate surface area is 239 Å². The van der Waals surface area contributed by atoms with Crippen LogP contribution in [-0.2, 0) is 26.1 Å². The maximum Gasteiger partial charge on any atom is 0.330 e. The molecule has 1 aromatic carbocycles. The Balaban J connectivity index is 1.43. The van der Waals surface area contributed by atoms with Crippen molar-refractivity contribution in [3.05, 3.63) is 48.6 Å². The molecule has 2 aliphatic rings. The van der Waals surface area contributed by atoms with Crippen molar-refractivity contribution < 1.29 is 24.2 Å². The van der Waals surface area contributed by atoms with Crippen LogP contribution in [0, 0.1) is 11.8 Å². The molecule has 11 heteroatoms. The normalized spacial score (nSPS) is 22.9. The minimum atomic E-state index is -0.501. The molecule has 0 bridgehead atoms. The molecule has 3 aromatic rings. The summed E-state index contributed by atoms with van der Waals surface area (Å²) in [6.45, 7) is 1.76. The smallest absolute Gasteiger partial charge is 0.330 e. The number of ether oxygens (including phenoxy) is 2. The van der Waals surface area contributed by atoms with Gasteiger partial charge >= 0.3 is 5.97 Å². The molecule has 1 aliphatic heterocycles. The van der Waals surface area contributed by atoms with Gasteiger partial charge in [0.15, 0.2) is 5.82 Å². The topological polar surface area (TPSA) is 123 Å². The van der Waals surface area contributed by atoms with E-state index >= 15 is 0 Å². The third-order valence-corrected chi connectivity index (χ3v) is 8.27. The number of carbonyl (C=O) groups is 2. The average molecular weight is 563 g/mol. The van der Waals surface area contributed by atoms with E-state index in [1.54, 1.807) is 18.2 Å². The van der Waals surface area contributed by atoms with Gasteiger partial charge in [-0.15, -0.1) is 0 Å². The largest absolute Gasteiger partial charge is 0.466 e. The summed E-state index contributed by atoms with van der Waals surface area (Å²) in [7, 11) is 4.94. The lowest BCUT2D eigenvalue weighted by Crippen LogP contribution is -2.46. The van der Waals surface area contributed by atoms with Crippen LogP contribution >= 0.6 is 0 Å². The van der Waals surface area contributed by atoms with E-state index in [2.05, 4.69) is 42.9 Å². The number of carbonyl (C=O) groups excluding carboxylic acids is 2. The van der Waals surface area contributed by atoms with E-state index in [1.807, 2.05) is 17.9 Å². The van der Waals surface area contributed by atoms with Crippen molar-refractivity contribution in [2.24, 2.45) is 18.9 Å². The maximum atomic E-state index is 14.0. The third-order valence-electron chi connectivity index (χ3n) is 8.27. The van der Waals surface area contributed by atoms with Crippen LogP contribution in [0.25, 0.3) is 17.0 Å². The van der Waals surface area contributed by atoms with E-state index in [9.17, 15) is 14.7 Å². The van der Waals surface area contributed by atoms with Gasteiger partial charge in [0.1, 0.15) is 0 Å². The van der Waals surface area contributed by atoms with Crippen molar-refractivity contribution in [2.75, 3.05) is 43.7 Å². The number of rotatable bonds is 9. The highest BCUT2D eigenvalue weighted by Crippen LogP contribution is 2.35. The molecule has 4 atom stereocenters. The van der Waals surface area contributed by atoms with Gasteiger partial charge in [-0.25, -0.2) is 9.78 Å². The fraction of sp³-hybridized carbons (Fsp3) is 0.500. The summed E-state index contributed by atoms with van der Waals surface area (Å²) in [4.78, 5) is 38.7. The van der Waals surface area contributed by atoms with Gasteiger partial charge in [-0.3, -0.25) is 19.4 Å². The number of aryl methyl sites for hydroxylation is 1. The minimum absolute atomic E-state index is 0.0386. The SMILES string of the molecule is COCC1C(CN(C(=O)C2CCCC(O)C2)c2cncc(/C=C/C(=O)OC)n2)CCN1c1ccc2c(cnn2C)c1. The van der Waals surface area contributed by atoms with Crippen LogP contribution in [0.2, 0.25) is 0 Å². The summed E-state index contributed by atoms with van der Waals surface area (Å²) >= 11 is 0. The molecule has 5 rings (SSSR count). The van der Waals surface area contributed by atoms with Crippen LogP contribution in [0.1, 0.15) is 37.8 Å². The van der Waals surface area contributed by atoms with Crippen LogP contribution in [-0.4, -0.2) is 82.8 Å². The van der Waals surface area contributed by atoms with Crippen LogP contribution in [0.3, 0.4) is 0 Å². The summed E-state index contributed by atoms with van der Waals surface area (Å²) in [6.07, 6.45) is 10.9. The quantitative estimate of drug-likeness (QED) is 0.310. The summed E-state index contributed by atoms with van der Waals surface area (Å²) in [6, 6.07) is 6.39. The number of aliphatic hydroxyl groups excluding tert-OH is 1. The Bertz CT molecular complexity index is 1410. The van der Waals surface area contributed by atoms with Gasteiger partial charge in [0.25, 0.3) is 0 Å². The summed E-state index contributed by atoms with van der Waals surface area (Å²) in [5.41, 5.74) is 2.61. The number of amides is 1. The number of aliphatic hydroxyl groups is 1. The third kappa shape index (κ3) is 6.41. The monoisotopic (exact) mass is 562 g/mol. The van der Waals surface area contributed by atoms with E-state index in [0.29, 0.717) is 37.5 Å². The van der Waals surface area contributed by atoms with Crippen LogP contribution < -0.4 is 9.80 Å². The first-order valence-corrected chi connectivity index (χ1v) is 14.1. The Morgan fingerprint density at radius 3 is 2.80 bits per heavy atom. The number of nitrogens with zero attached hydrogens (tertiary/aromatic N) is 6. The zero-order valence-corrected chi connectivity index (χ0v) is 23.8. The number of fused-ring (bicyclic) bond motifs is 1. The highest BCUT2D eigenvalue weighted by Gasteiger charge is 2.39. The van der Waals surface area contributed by atoms with Gasteiger partial charge in [0.05, 0.1) is 55.7 Å². The molecule has 1 saturated carbocycles. The Morgan fingerprint density at radius 2 is 2.02 bits per heavy atom. The molecule has 2 fully saturated rings. The Hall–Kier alpha value is -3.83. The molecule has 1 saturated heterocycles. The molecule has 1 aliphatic carbocycles. The molecule has 0 radical (unpaired) electrons. The average Bonchev–Trinajstić information content (AvgIpc) is 3.56. The van der Waals surface area contributed by atoms with E-state index < -0.39 is 12.1 Å². The lowest BCUT2D eigenvalue weighted by Gasteiger charge is -2.34. The van der Waals surface area contributed by atoms with Crippen molar-refractivity contribution >= 4 is 40.4 Å². The van der Waals surface area contributed by atoms with Gasteiger partial charge in [0, 0.05) is 56.2 Å². The van der Waals surface area contributed by atoms with Crippen LogP contribution in [0.4, 0.5) is 11.5 Å². The fourth-order valence-electron chi connectivity index (χ4n) is 6.12. The van der Waals surface area contributed by atoms with Gasteiger partial charge in [-0.05, 0) is 50.0 Å². The van der Waals surface area contributed by atoms with Gasteiger partial charge < -0.3 is 19.5 Å². The molecule has 1 amide bonds. The van der Waals surface area contributed by atoms with Gasteiger partial charge in [-0.2, -0.15) is 5.10 Å². The molecule has 3 heterocycles. The molecule has 218 valence electrons. The lowest BCUT2D eigenvalue weighted by atomic mass is 9.86. The number of anilines is 2. The number of esters is 1. The molecule has 2 aromatic heterocycles. The molecular formula is C30H38N6O5. The molecule has 41 heavy (non-hydrogen) atoms. The van der Waals surface area contributed by atoms with Crippen LogP contribution in [0.5, 0.6) is 0 Å². The number of hydrogen-bond acceptors (Lipinski definition) is 9. The van der Waals surface area contributed by atoms with Gasteiger partial charge in [-0.1, -0.05) is 6.42 Å². The second-order valence-electron chi connectivity index (χ2n) is 10.9. The second-order valence-corrected chi connectivity index (χ2v) is 10.9. The molecule has 0 spiro atoms. The van der Waals surface area contributed by atoms with Crippen molar-refractivity contribution in [1.29, 1.82) is 0 Å². The van der Waals surface area contributed by atoms with Crippen molar-refractivity contribution in [3.8, 4) is 0 Å². The summed E-state index contributed by atoms with van der Waals surface area (Å²) in [5.74, 6) is -0.319. The lowest BCUT2D eigenvalue weighted by molar-refractivity contribution is -0.134. The first kappa shape index (κ1) is 28.7. The predicted octanol–water partition coefficient (Wildman–Crippen LogP) is 2.98. The van der Waals surface area contributed by atoms with Crippen LogP contribution in [0.15, 0.2) is 42.9 Å². The minimum Gasteiger partial charge on any atom is -0.466 e. The highest BCUT2D eigenvalue weighted by atomic mass is 16.5. The summed E-state index contributed by atoms with van der Waals surface area (Å²) < 4.78 is 12.2. The number of aromatic nitrogens is 4. The van der Waals surface area contributed by atoms with E-state index in [4.69, 9.17) is 4.74 Å². The standard InChI is InChI=1S/C30H38N6O5/c1-34-26-9-8-24(13-22(26)15-32-34)35-12-11-21(27(35)19-40-2)18-36(30(39)20-5-4-6-25(37)14-20)28-17-31-16-23(33-28)7-10-29(38)41-3/h7-10,13,15-17,20-21,25,27,37H,4-6,11-12,14,18-19H2,1-3H3/b10-7+. The van der Waals surface area contributed by atoms with Crippen molar-refractivity contribution in [3.63, 3.8) is 0 Å². The highest BCUT2D eigenvalue weighted by molar-refractivity contribution is 5.94. The zero-order chi connectivity index (χ0) is 28.9. The maximum absolute atomic E-state index is 14.0. The second kappa shape index (κ2) is 12.8. The summed E-state index contributed by atoms with van der Waals surface area (Å²) in [5, 5.41) is 15.8. The first-order chi connectivity index (χ1) is 19.9. The Kier molecular flexibility index (Phi) is 8.94. The van der Waals surface area contributed by atoms with E-state index in [-0.39, 0.29) is 23.8 Å². The number of hydrogen-bond donors (Lipinski definition) is 1. The first-order valence-electron chi connectivity index (χ1n) is 14.1. The van der Waals surface area contributed by atoms with Gasteiger partial charge in [0.2, 0.25) is 5.91 Å². The fourth-order valence-corrected chi connectivity index (χ4v) is 6.12. The molecule has 1 N–H and O–H groups in total. The van der Waals surface area contributed by atoms with Crippen molar-refractivity contribution in [2.45, 2.75) is 44.2 Å². The van der Waals surface area contributed by atoms with E-state index in [0.717, 1.165) is 42.4 Å². The number of benzene rings is 1. The molecular weight excluding hydrogens is 524 g/mol. The number of methoxy groups -OCH3 is 2. The Morgan fingerprint density at radius 1 is 1.17 bits per heavy atom.